The maximum Gasteiger partial charge on any atom is 0.191 e. The molecule has 1 rings (SSSR count). The predicted molar refractivity (Wildman–Crippen MR) is 95.5 cm³/mol. The average Bonchev–Trinajstić information content (AvgIpc) is 2.53. The van der Waals surface area contributed by atoms with Crippen molar-refractivity contribution in [1.82, 2.24) is 10.6 Å². The van der Waals surface area contributed by atoms with Crippen LogP contribution < -0.4 is 10.6 Å². The van der Waals surface area contributed by atoms with Crippen LogP contribution in [0.15, 0.2) is 35.3 Å². The van der Waals surface area contributed by atoms with Gasteiger partial charge in [-0.2, -0.15) is 0 Å². The Bertz CT molecular complexity index is 449. The van der Waals surface area contributed by atoms with Crippen molar-refractivity contribution in [3.63, 3.8) is 0 Å². The Morgan fingerprint density at radius 3 is 2.52 bits per heavy atom. The average molecular weight is 321 g/mol. The van der Waals surface area contributed by atoms with Crippen LogP contribution in [0, 0.1) is 5.92 Å². The SMILES string of the molecule is CCNC(=NCC(O)COCc1ccccc1)NC(C)C(C)C. The van der Waals surface area contributed by atoms with Crippen molar-refractivity contribution in [3.05, 3.63) is 35.9 Å². The number of hydrogen-bond acceptors (Lipinski definition) is 3. The molecule has 0 bridgehead atoms. The zero-order valence-corrected chi connectivity index (χ0v) is 14.7. The zero-order valence-electron chi connectivity index (χ0n) is 14.7. The van der Waals surface area contributed by atoms with E-state index in [-0.39, 0.29) is 6.61 Å². The van der Waals surface area contributed by atoms with Crippen LogP contribution in [0.5, 0.6) is 0 Å². The molecular weight excluding hydrogens is 290 g/mol. The summed E-state index contributed by atoms with van der Waals surface area (Å²) < 4.78 is 5.53. The van der Waals surface area contributed by atoms with Crippen LogP contribution in [-0.2, 0) is 11.3 Å². The largest absolute Gasteiger partial charge is 0.389 e. The molecular formula is C18H31N3O2. The second-order valence-corrected chi connectivity index (χ2v) is 6.05. The van der Waals surface area contributed by atoms with Gasteiger partial charge in [0, 0.05) is 12.6 Å². The molecule has 1 aromatic rings. The van der Waals surface area contributed by atoms with Crippen LogP contribution in [0.1, 0.15) is 33.3 Å². The highest BCUT2D eigenvalue weighted by Gasteiger charge is 2.10. The van der Waals surface area contributed by atoms with E-state index in [1.807, 2.05) is 37.3 Å². The molecule has 0 aliphatic carbocycles. The molecule has 0 fully saturated rings. The van der Waals surface area contributed by atoms with Crippen LogP contribution in [-0.4, -0.2) is 42.9 Å². The molecule has 1 aromatic carbocycles. The van der Waals surface area contributed by atoms with E-state index in [0.29, 0.717) is 25.1 Å². The fraction of sp³-hybridized carbons (Fsp3) is 0.611. The van der Waals surface area contributed by atoms with Gasteiger partial charge in [-0.05, 0) is 25.3 Å². The van der Waals surface area contributed by atoms with E-state index >= 15 is 0 Å². The minimum absolute atomic E-state index is 0.275. The van der Waals surface area contributed by atoms with Crippen LogP contribution >= 0.6 is 0 Å². The summed E-state index contributed by atoms with van der Waals surface area (Å²) in [5, 5.41) is 16.5. The second kappa shape index (κ2) is 11.0. The normalized spacial score (nSPS) is 14.6. The maximum absolute atomic E-state index is 10.00. The lowest BCUT2D eigenvalue weighted by atomic mass is 10.1. The predicted octanol–water partition coefficient (Wildman–Crippen LogP) is 2.16. The molecule has 0 radical (unpaired) electrons. The summed E-state index contributed by atoms with van der Waals surface area (Å²) in [6, 6.07) is 10.3. The zero-order chi connectivity index (χ0) is 17.1. The van der Waals surface area contributed by atoms with Gasteiger partial charge in [0.05, 0.1) is 25.9 Å². The number of nitrogens with one attached hydrogen (secondary N) is 2. The number of ether oxygens (including phenoxy) is 1. The van der Waals surface area contributed by atoms with Gasteiger partial charge in [-0.25, -0.2) is 0 Å². The Morgan fingerprint density at radius 2 is 1.91 bits per heavy atom. The molecule has 2 unspecified atom stereocenters. The Balaban J connectivity index is 2.36. The fourth-order valence-corrected chi connectivity index (χ4v) is 1.84. The van der Waals surface area contributed by atoms with Gasteiger partial charge in [0.25, 0.3) is 0 Å². The van der Waals surface area contributed by atoms with Gasteiger partial charge in [-0.1, -0.05) is 44.2 Å². The lowest BCUT2D eigenvalue weighted by molar-refractivity contribution is 0.0331. The van der Waals surface area contributed by atoms with Crippen molar-refractivity contribution in [3.8, 4) is 0 Å². The van der Waals surface area contributed by atoms with E-state index in [9.17, 15) is 5.11 Å². The number of aliphatic hydroxyl groups excluding tert-OH is 1. The summed E-state index contributed by atoms with van der Waals surface area (Å²) in [5.41, 5.74) is 1.10. The molecule has 0 saturated heterocycles. The summed E-state index contributed by atoms with van der Waals surface area (Å²) in [7, 11) is 0. The van der Waals surface area contributed by atoms with E-state index < -0.39 is 6.10 Å². The van der Waals surface area contributed by atoms with Gasteiger partial charge in [0.1, 0.15) is 0 Å². The molecule has 23 heavy (non-hydrogen) atoms. The van der Waals surface area contributed by atoms with Crippen molar-refractivity contribution in [1.29, 1.82) is 0 Å². The van der Waals surface area contributed by atoms with Crippen molar-refractivity contribution in [2.75, 3.05) is 19.7 Å². The maximum atomic E-state index is 10.00. The third kappa shape index (κ3) is 8.57. The second-order valence-electron chi connectivity index (χ2n) is 6.05. The molecule has 2 atom stereocenters. The first kappa shape index (κ1) is 19.5. The quantitative estimate of drug-likeness (QED) is 0.482. The number of guanidine groups is 1. The molecule has 5 nitrogen and oxygen atoms in total. The third-order valence-electron chi connectivity index (χ3n) is 3.59. The fourth-order valence-electron chi connectivity index (χ4n) is 1.84. The van der Waals surface area contributed by atoms with Crippen molar-refractivity contribution in [2.45, 2.75) is 46.4 Å². The van der Waals surface area contributed by atoms with Crippen LogP contribution in [0.25, 0.3) is 0 Å². The molecule has 3 N–H and O–H groups in total. The first-order valence-corrected chi connectivity index (χ1v) is 8.37. The van der Waals surface area contributed by atoms with E-state index in [1.165, 1.54) is 0 Å². The molecule has 0 aromatic heterocycles. The van der Waals surface area contributed by atoms with Crippen molar-refractivity contribution < 1.29 is 9.84 Å². The van der Waals surface area contributed by atoms with E-state index in [0.717, 1.165) is 18.1 Å². The van der Waals surface area contributed by atoms with Gasteiger partial charge in [-0.3, -0.25) is 4.99 Å². The van der Waals surface area contributed by atoms with Crippen LogP contribution in [0.4, 0.5) is 0 Å². The highest BCUT2D eigenvalue weighted by Crippen LogP contribution is 2.02. The monoisotopic (exact) mass is 321 g/mol. The van der Waals surface area contributed by atoms with E-state index in [1.54, 1.807) is 0 Å². The summed E-state index contributed by atoms with van der Waals surface area (Å²) in [4.78, 5) is 4.43. The number of aliphatic hydroxyl groups is 1. The lowest BCUT2D eigenvalue weighted by Gasteiger charge is -2.21. The standard InChI is InChI=1S/C18H31N3O2/c1-5-19-18(21-15(4)14(2)3)20-11-17(22)13-23-12-16-9-7-6-8-10-16/h6-10,14-15,17,22H,5,11-13H2,1-4H3,(H2,19,20,21). The summed E-state index contributed by atoms with van der Waals surface area (Å²) in [5.74, 6) is 1.24. The Hall–Kier alpha value is -1.59. The first-order chi connectivity index (χ1) is 11.0. The molecule has 0 spiro atoms. The molecule has 130 valence electrons. The van der Waals surface area contributed by atoms with E-state index in [4.69, 9.17) is 4.74 Å². The number of hydrogen-bond donors (Lipinski definition) is 3. The highest BCUT2D eigenvalue weighted by molar-refractivity contribution is 5.80. The van der Waals surface area contributed by atoms with Gasteiger partial charge in [-0.15, -0.1) is 0 Å². The number of nitrogens with zero attached hydrogens (tertiary/aromatic N) is 1. The van der Waals surface area contributed by atoms with Crippen molar-refractivity contribution in [2.24, 2.45) is 10.9 Å². The molecule has 0 aliphatic heterocycles. The third-order valence-corrected chi connectivity index (χ3v) is 3.59. The molecule has 0 saturated carbocycles. The van der Waals surface area contributed by atoms with E-state index in [2.05, 4.69) is 36.4 Å². The number of aliphatic imine (C=N–C) groups is 1. The van der Waals surface area contributed by atoms with Crippen molar-refractivity contribution >= 4 is 5.96 Å². The minimum atomic E-state index is -0.608. The lowest BCUT2D eigenvalue weighted by Crippen LogP contribution is -2.44. The summed E-state index contributed by atoms with van der Waals surface area (Å²) >= 11 is 0. The number of benzene rings is 1. The first-order valence-electron chi connectivity index (χ1n) is 8.37. The topological polar surface area (TPSA) is 65.9 Å². The van der Waals surface area contributed by atoms with Gasteiger partial charge in [0.2, 0.25) is 0 Å². The van der Waals surface area contributed by atoms with Crippen LogP contribution in [0.2, 0.25) is 0 Å². The Labute approximate surface area is 140 Å². The molecule has 0 heterocycles. The highest BCUT2D eigenvalue weighted by atomic mass is 16.5. The Morgan fingerprint density at radius 1 is 1.22 bits per heavy atom. The minimum Gasteiger partial charge on any atom is -0.389 e. The summed E-state index contributed by atoms with van der Waals surface area (Å²) in [6.45, 7) is 10.3. The van der Waals surface area contributed by atoms with Gasteiger partial charge >= 0.3 is 0 Å². The molecule has 0 aliphatic rings. The van der Waals surface area contributed by atoms with Gasteiger partial charge in [0.15, 0.2) is 5.96 Å². The molecule has 0 amide bonds. The van der Waals surface area contributed by atoms with Gasteiger partial charge < -0.3 is 20.5 Å². The smallest absolute Gasteiger partial charge is 0.191 e. The number of rotatable bonds is 9. The van der Waals surface area contributed by atoms with Crippen LogP contribution in [0.3, 0.4) is 0 Å². The molecule has 5 heteroatoms. The summed E-state index contributed by atoms with van der Waals surface area (Å²) in [6.07, 6.45) is -0.608. The Kier molecular flexibility index (Phi) is 9.33.